The van der Waals surface area contributed by atoms with E-state index in [4.69, 9.17) is 0 Å². The molecular formula is C22H34N2OS. The number of nitrogens with zero attached hydrogens (tertiary/aromatic N) is 1. The lowest BCUT2D eigenvalue weighted by molar-refractivity contribution is 0.0611. The van der Waals surface area contributed by atoms with Crippen molar-refractivity contribution in [2.24, 2.45) is 11.3 Å². The molecule has 4 rings (SSSR count). The zero-order chi connectivity index (χ0) is 18.3. The van der Waals surface area contributed by atoms with Gasteiger partial charge in [-0.1, -0.05) is 20.3 Å². The van der Waals surface area contributed by atoms with Gasteiger partial charge in [-0.25, -0.2) is 0 Å². The van der Waals surface area contributed by atoms with Crippen LogP contribution < -0.4 is 5.32 Å². The standard InChI is InChI=1S/C22H34N2OS/c1-15(17-7-12-24(13-8-17)14-22(3)9-5-10-22)20-16(2)19-18(26-20)6-4-11-23-21(19)25/h15,17H,4-14H2,1-3H3,(H,23,25). The van der Waals surface area contributed by atoms with E-state index in [1.807, 2.05) is 11.3 Å². The molecule has 0 bridgehead atoms. The molecule has 0 radical (unpaired) electrons. The van der Waals surface area contributed by atoms with Gasteiger partial charge in [-0.05, 0) is 81.4 Å². The molecule has 4 heteroatoms. The molecule has 1 atom stereocenters. The number of hydrogen-bond donors (Lipinski definition) is 1. The van der Waals surface area contributed by atoms with Crippen LogP contribution in [-0.2, 0) is 6.42 Å². The van der Waals surface area contributed by atoms with Crippen LogP contribution in [0.2, 0.25) is 0 Å². The Labute approximate surface area is 162 Å². The fraction of sp³-hybridized carbons (Fsp3) is 0.773. The number of aryl methyl sites for hydroxylation is 1. The Morgan fingerprint density at radius 3 is 2.65 bits per heavy atom. The van der Waals surface area contributed by atoms with Crippen LogP contribution in [-0.4, -0.2) is 37.0 Å². The number of likely N-dealkylation sites (tertiary alicyclic amines) is 1. The third-order valence-corrected chi connectivity index (χ3v) is 8.82. The van der Waals surface area contributed by atoms with Crippen molar-refractivity contribution >= 4 is 17.2 Å². The van der Waals surface area contributed by atoms with E-state index in [1.54, 1.807) is 0 Å². The van der Waals surface area contributed by atoms with Crippen molar-refractivity contribution in [1.82, 2.24) is 10.2 Å². The maximum absolute atomic E-state index is 12.4. The smallest absolute Gasteiger partial charge is 0.252 e. The molecule has 3 aliphatic rings. The van der Waals surface area contributed by atoms with Crippen molar-refractivity contribution in [3.05, 3.63) is 20.9 Å². The van der Waals surface area contributed by atoms with Crippen molar-refractivity contribution in [3.8, 4) is 0 Å². The molecule has 1 aromatic rings. The molecule has 1 saturated heterocycles. The Bertz CT molecular complexity index is 668. The van der Waals surface area contributed by atoms with Gasteiger partial charge in [-0.2, -0.15) is 0 Å². The van der Waals surface area contributed by atoms with Gasteiger partial charge in [0.1, 0.15) is 0 Å². The summed E-state index contributed by atoms with van der Waals surface area (Å²) in [6.07, 6.45) is 9.03. The fourth-order valence-electron chi connectivity index (χ4n) is 5.34. The summed E-state index contributed by atoms with van der Waals surface area (Å²) in [5.74, 6) is 1.51. The van der Waals surface area contributed by atoms with E-state index in [2.05, 4.69) is 31.0 Å². The number of piperidine rings is 1. The van der Waals surface area contributed by atoms with Crippen LogP contribution in [0.1, 0.15) is 84.0 Å². The molecule has 1 saturated carbocycles. The molecule has 3 heterocycles. The van der Waals surface area contributed by atoms with E-state index in [1.165, 1.54) is 67.1 Å². The molecule has 1 aliphatic carbocycles. The summed E-state index contributed by atoms with van der Waals surface area (Å²) in [5, 5.41) is 3.07. The third kappa shape index (κ3) is 3.47. The lowest BCUT2D eigenvalue weighted by Gasteiger charge is -2.44. The zero-order valence-electron chi connectivity index (χ0n) is 16.7. The van der Waals surface area contributed by atoms with Crippen LogP contribution in [0.15, 0.2) is 0 Å². The SMILES string of the molecule is Cc1c(C(C)C2CCN(CC3(C)CCC3)CC2)sc2c1C(=O)NCCC2. The minimum Gasteiger partial charge on any atom is -0.352 e. The average molecular weight is 375 g/mol. The number of carbonyl (C=O) groups excluding carboxylic acids is 1. The van der Waals surface area contributed by atoms with Gasteiger partial charge < -0.3 is 10.2 Å². The number of nitrogens with one attached hydrogen (secondary N) is 1. The van der Waals surface area contributed by atoms with Crippen LogP contribution in [0.4, 0.5) is 0 Å². The van der Waals surface area contributed by atoms with Crippen molar-refractivity contribution in [1.29, 1.82) is 0 Å². The number of thiophene rings is 1. The van der Waals surface area contributed by atoms with Gasteiger partial charge in [0.2, 0.25) is 0 Å². The molecule has 3 nitrogen and oxygen atoms in total. The summed E-state index contributed by atoms with van der Waals surface area (Å²) in [6, 6.07) is 0. The van der Waals surface area contributed by atoms with Gasteiger partial charge in [0.05, 0.1) is 5.56 Å². The number of hydrogen-bond acceptors (Lipinski definition) is 3. The lowest BCUT2D eigenvalue weighted by Crippen LogP contribution is -2.44. The summed E-state index contributed by atoms with van der Waals surface area (Å²) in [4.78, 5) is 18.0. The van der Waals surface area contributed by atoms with E-state index in [-0.39, 0.29) is 5.91 Å². The first-order valence-electron chi connectivity index (χ1n) is 10.6. The molecule has 1 N–H and O–H groups in total. The number of rotatable bonds is 4. The summed E-state index contributed by atoms with van der Waals surface area (Å²) in [7, 11) is 0. The molecule has 1 amide bonds. The summed E-state index contributed by atoms with van der Waals surface area (Å²) in [5.41, 5.74) is 2.87. The van der Waals surface area contributed by atoms with Gasteiger partial charge in [0.25, 0.3) is 5.91 Å². The van der Waals surface area contributed by atoms with E-state index in [0.29, 0.717) is 11.3 Å². The molecular weight excluding hydrogens is 340 g/mol. The first-order chi connectivity index (χ1) is 12.5. The van der Waals surface area contributed by atoms with Crippen LogP contribution in [0.3, 0.4) is 0 Å². The second-order valence-electron chi connectivity index (χ2n) is 9.32. The number of fused-ring (bicyclic) bond motifs is 1. The second kappa shape index (κ2) is 7.27. The van der Waals surface area contributed by atoms with Crippen molar-refractivity contribution in [2.75, 3.05) is 26.2 Å². The quantitative estimate of drug-likeness (QED) is 0.826. The molecule has 2 fully saturated rings. The molecule has 26 heavy (non-hydrogen) atoms. The predicted molar refractivity (Wildman–Crippen MR) is 109 cm³/mol. The normalized spacial score (nSPS) is 25.1. The molecule has 2 aliphatic heterocycles. The van der Waals surface area contributed by atoms with Crippen molar-refractivity contribution < 1.29 is 4.79 Å². The largest absolute Gasteiger partial charge is 0.352 e. The van der Waals surface area contributed by atoms with E-state index in [0.717, 1.165) is 30.9 Å². The van der Waals surface area contributed by atoms with E-state index >= 15 is 0 Å². The van der Waals surface area contributed by atoms with Gasteiger partial charge in [0.15, 0.2) is 0 Å². The highest BCUT2D eigenvalue weighted by molar-refractivity contribution is 7.12. The number of amides is 1. The molecule has 1 aromatic heterocycles. The van der Waals surface area contributed by atoms with Gasteiger partial charge in [-0.3, -0.25) is 4.79 Å². The molecule has 0 spiro atoms. The van der Waals surface area contributed by atoms with Gasteiger partial charge >= 0.3 is 0 Å². The van der Waals surface area contributed by atoms with Gasteiger partial charge in [-0.15, -0.1) is 11.3 Å². The maximum Gasteiger partial charge on any atom is 0.252 e. The Morgan fingerprint density at radius 2 is 2.00 bits per heavy atom. The Morgan fingerprint density at radius 1 is 1.27 bits per heavy atom. The first kappa shape index (κ1) is 18.5. The summed E-state index contributed by atoms with van der Waals surface area (Å²) >= 11 is 1.93. The first-order valence-corrected chi connectivity index (χ1v) is 11.4. The minimum absolute atomic E-state index is 0.160. The second-order valence-corrected chi connectivity index (χ2v) is 10.5. The molecule has 144 valence electrons. The Balaban J connectivity index is 1.42. The highest BCUT2D eigenvalue weighted by atomic mass is 32.1. The van der Waals surface area contributed by atoms with E-state index < -0.39 is 0 Å². The van der Waals surface area contributed by atoms with Crippen molar-refractivity contribution in [2.45, 2.75) is 71.6 Å². The topological polar surface area (TPSA) is 32.3 Å². The minimum atomic E-state index is 0.160. The highest BCUT2D eigenvalue weighted by Gasteiger charge is 2.36. The summed E-state index contributed by atoms with van der Waals surface area (Å²) < 4.78 is 0. The Hall–Kier alpha value is -0.870. The summed E-state index contributed by atoms with van der Waals surface area (Å²) in [6.45, 7) is 11.7. The third-order valence-electron chi connectivity index (χ3n) is 7.27. The predicted octanol–water partition coefficient (Wildman–Crippen LogP) is 4.74. The van der Waals surface area contributed by atoms with E-state index in [9.17, 15) is 4.79 Å². The lowest BCUT2D eigenvalue weighted by atomic mass is 9.70. The van der Waals surface area contributed by atoms with Crippen LogP contribution in [0.5, 0.6) is 0 Å². The van der Waals surface area contributed by atoms with Gasteiger partial charge in [0, 0.05) is 22.8 Å². The van der Waals surface area contributed by atoms with Crippen LogP contribution >= 0.6 is 11.3 Å². The maximum atomic E-state index is 12.4. The number of carbonyl (C=O) groups is 1. The zero-order valence-corrected chi connectivity index (χ0v) is 17.5. The van der Waals surface area contributed by atoms with Crippen LogP contribution in [0, 0.1) is 18.3 Å². The van der Waals surface area contributed by atoms with Crippen LogP contribution in [0.25, 0.3) is 0 Å². The fourth-order valence-corrected chi connectivity index (χ4v) is 6.84. The average Bonchev–Trinajstić information content (AvgIpc) is 2.81. The monoisotopic (exact) mass is 374 g/mol. The Kier molecular flexibility index (Phi) is 5.17. The molecule has 0 aromatic carbocycles. The molecule has 1 unspecified atom stereocenters. The highest BCUT2D eigenvalue weighted by Crippen LogP contribution is 2.43. The van der Waals surface area contributed by atoms with Crippen molar-refractivity contribution in [3.63, 3.8) is 0 Å².